The number of benzene rings is 2. The second-order valence-electron chi connectivity index (χ2n) is 4.01. The molecule has 2 aromatic carbocycles. The lowest BCUT2D eigenvalue weighted by Crippen LogP contribution is -1.88. The normalized spacial score (nSPS) is 9.43. The Labute approximate surface area is 145 Å². The molecule has 2 aromatic rings. The quantitative estimate of drug-likeness (QED) is 0.702. The highest BCUT2D eigenvalue weighted by Gasteiger charge is 1.93. The fourth-order valence-corrected chi connectivity index (χ4v) is 2.82. The van der Waals surface area contributed by atoms with Crippen LogP contribution in [0, 0.1) is 0 Å². The molecule has 0 bridgehead atoms. The zero-order valence-corrected chi connectivity index (χ0v) is 16.0. The van der Waals surface area contributed by atoms with Crippen molar-refractivity contribution in [3.05, 3.63) is 60.2 Å². The zero-order chi connectivity index (χ0) is 17.3. The molecule has 0 saturated heterocycles. The van der Waals surface area contributed by atoms with Gasteiger partial charge in [-0.3, -0.25) is 4.74 Å². The lowest BCUT2D eigenvalue weighted by atomic mass is 10.2. The summed E-state index contributed by atoms with van der Waals surface area (Å²) in [5, 5.41) is 8.71. The predicted octanol–water partition coefficient (Wildman–Crippen LogP) is 5.71. The molecule has 0 unspecified atom stereocenters. The van der Waals surface area contributed by atoms with Gasteiger partial charge in [-0.2, -0.15) is 0 Å². The fourth-order valence-electron chi connectivity index (χ4n) is 1.49. The Morgan fingerprint density at radius 2 is 1.65 bits per heavy atom. The van der Waals surface area contributed by atoms with Gasteiger partial charge in [-0.25, -0.2) is 0 Å². The second kappa shape index (κ2) is 15.5. The van der Waals surface area contributed by atoms with Gasteiger partial charge in [0.25, 0.3) is 0 Å². The topological polar surface area (TPSA) is 41.8 Å². The molecule has 0 fully saturated rings. The van der Waals surface area contributed by atoms with Gasteiger partial charge in [-0.1, -0.05) is 44.2 Å². The molecule has 0 aliphatic heterocycles. The molecule has 126 valence electrons. The monoisotopic (exact) mass is 351 g/mol. The van der Waals surface area contributed by atoms with Gasteiger partial charge < -0.3 is 9.84 Å². The molecule has 0 saturated carbocycles. The SMILES string of the molecule is CC.CN=PSc1ccc(CCO)cc1.COc1ccccc1. The molecular formula is C18H26NO2PS. The highest BCUT2D eigenvalue weighted by molar-refractivity contribution is 8.46. The first-order valence-corrected chi connectivity index (χ1v) is 9.82. The average Bonchev–Trinajstić information content (AvgIpc) is 2.64. The average molecular weight is 351 g/mol. The first-order chi connectivity index (χ1) is 11.3. The summed E-state index contributed by atoms with van der Waals surface area (Å²) in [5.74, 6) is 0.910. The standard InChI is InChI=1S/C9H12NOPS.C7H8O.C2H6/c1-10-12-13-9-4-2-8(3-5-9)6-7-11;1-8-7-5-3-2-4-6-7;1-2/h2-5,11H,6-7H2,1H3;2-6H,1H3;1-2H3. The van der Waals surface area contributed by atoms with E-state index in [4.69, 9.17) is 9.84 Å². The molecule has 5 heteroatoms. The summed E-state index contributed by atoms with van der Waals surface area (Å²) in [6.07, 6.45) is 0.737. The second-order valence-corrected chi connectivity index (χ2v) is 6.26. The molecule has 0 aliphatic rings. The summed E-state index contributed by atoms with van der Waals surface area (Å²) >= 11 is 1.69. The Hall–Kier alpha value is -1.35. The van der Waals surface area contributed by atoms with Crippen LogP contribution in [0.25, 0.3) is 0 Å². The van der Waals surface area contributed by atoms with Crippen LogP contribution in [0.3, 0.4) is 0 Å². The van der Waals surface area contributed by atoms with E-state index >= 15 is 0 Å². The number of aliphatic hydroxyl groups excluding tert-OH is 1. The molecule has 0 aliphatic carbocycles. The van der Waals surface area contributed by atoms with E-state index in [0.29, 0.717) is 0 Å². The first-order valence-electron chi connectivity index (χ1n) is 7.55. The third kappa shape index (κ3) is 10.9. The van der Waals surface area contributed by atoms with Gasteiger partial charge in [0.15, 0.2) is 0 Å². The van der Waals surface area contributed by atoms with E-state index in [1.54, 1.807) is 25.5 Å². The maximum Gasteiger partial charge on any atom is 0.118 e. The predicted molar refractivity (Wildman–Crippen MR) is 103 cm³/mol. The Kier molecular flexibility index (Phi) is 14.6. The minimum absolute atomic E-state index is 0.217. The number of aliphatic hydroxyl groups is 1. The lowest BCUT2D eigenvalue weighted by molar-refractivity contribution is 0.299. The molecule has 0 radical (unpaired) electrons. The van der Waals surface area contributed by atoms with Crippen molar-refractivity contribution in [1.82, 2.24) is 0 Å². The highest BCUT2D eigenvalue weighted by Crippen LogP contribution is 2.30. The maximum absolute atomic E-state index is 8.71. The first kappa shape index (κ1) is 21.6. The Morgan fingerprint density at radius 3 is 2.09 bits per heavy atom. The Balaban J connectivity index is 0.000000414. The van der Waals surface area contributed by atoms with Crippen LogP contribution in [0.15, 0.2) is 64.2 Å². The molecule has 23 heavy (non-hydrogen) atoms. The van der Waals surface area contributed by atoms with Crippen LogP contribution in [-0.4, -0.2) is 25.9 Å². The van der Waals surface area contributed by atoms with Gasteiger partial charge in [-0.15, -0.1) is 0 Å². The number of hydrogen-bond donors (Lipinski definition) is 1. The number of para-hydroxylation sites is 1. The van der Waals surface area contributed by atoms with Gasteiger partial charge in [0.2, 0.25) is 0 Å². The molecular weight excluding hydrogens is 325 g/mol. The summed E-state index contributed by atoms with van der Waals surface area (Å²) in [7, 11) is 4.49. The van der Waals surface area contributed by atoms with Crippen LogP contribution in [0.5, 0.6) is 5.75 Å². The van der Waals surface area contributed by atoms with Crippen molar-refractivity contribution >= 4 is 19.0 Å². The van der Waals surface area contributed by atoms with E-state index in [1.165, 1.54) is 10.5 Å². The van der Waals surface area contributed by atoms with E-state index in [2.05, 4.69) is 16.9 Å². The van der Waals surface area contributed by atoms with Crippen LogP contribution >= 0.6 is 19.0 Å². The van der Waals surface area contributed by atoms with Crippen molar-refractivity contribution < 1.29 is 9.84 Å². The number of methoxy groups -OCH3 is 1. The van der Waals surface area contributed by atoms with Gasteiger partial charge in [0, 0.05) is 18.6 Å². The molecule has 2 rings (SSSR count). The van der Waals surface area contributed by atoms with Gasteiger partial charge in [0.1, 0.15) is 5.75 Å². The number of rotatable bonds is 5. The fraction of sp³-hybridized carbons (Fsp3) is 0.333. The van der Waals surface area contributed by atoms with Gasteiger partial charge in [0.05, 0.1) is 14.7 Å². The number of nitrogens with zero attached hydrogens (tertiary/aromatic N) is 1. The lowest BCUT2D eigenvalue weighted by Gasteiger charge is -1.98. The Bertz CT molecular complexity index is 518. The van der Waals surface area contributed by atoms with Crippen LogP contribution < -0.4 is 4.74 Å². The van der Waals surface area contributed by atoms with E-state index in [-0.39, 0.29) is 6.61 Å². The Morgan fingerprint density at radius 1 is 1.04 bits per heavy atom. The largest absolute Gasteiger partial charge is 0.497 e. The molecule has 0 heterocycles. The summed E-state index contributed by atoms with van der Waals surface area (Å²) in [6, 6.07) is 17.9. The van der Waals surface area contributed by atoms with Crippen molar-refractivity contribution in [3.63, 3.8) is 0 Å². The van der Waals surface area contributed by atoms with E-state index in [0.717, 1.165) is 19.7 Å². The van der Waals surface area contributed by atoms with Crippen LogP contribution in [-0.2, 0) is 6.42 Å². The molecule has 0 amide bonds. The molecule has 0 atom stereocenters. The number of hydrogen-bond acceptors (Lipinski definition) is 4. The molecule has 3 nitrogen and oxygen atoms in total. The van der Waals surface area contributed by atoms with Crippen LogP contribution in [0.2, 0.25) is 0 Å². The van der Waals surface area contributed by atoms with Crippen molar-refractivity contribution in [2.24, 2.45) is 4.74 Å². The van der Waals surface area contributed by atoms with E-state index in [9.17, 15) is 0 Å². The van der Waals surface area contributed by atoms with Crippen molar-refractivity contribution in [3.8, 4) is 5.75 Å². The molecule has 0 aromatic heterocycles. The minimum Gasteiger partial charge on any atom is -0.497 e. The van der Waals surface area contributed by atoms with E-state index in [1.807, 2.05) is 56.3 Å². The smallest absolute Gasteiger partial charge is 0.118 e. The van der Waals surface area contributed by atoms with Crippen molar-refractivity contribution in [1.29, 1.82) is 0 Å². The number of ether oxygens (including phenoxy) is 1. The summed E-state index contributed by atoms with van der Waals surface area (Å²) in [4.78, 5) is 1.22. The van der Waals surface area contributed by atoms with Crippen LogP contribution in [0.4, 0.5) is 0 Å². The van der Waals surface area contributed by atoms with Crippen LogP contribution in [0.1, 0.15) is 19.4 Å². The third-order valence-electron chi connectivity index (χ3n) is 2.53. The van der Waals surface area contributed by atoms with Crippen molar-refractivity contribution in [2.75, 3.05) is 20.8 Å². The summed E-state index contributed by atoms with van der Waals surface area (Å²) in [6.45, 7) is 4.22. The zero-order valence-electron chi connectivity index (χ0n) is 14.3. The van der Waals surface area contributed by atoms with Crippen molar-refractivity contribution in [2.45, 2.75) is 25.2 Å². The highest BCUT2D eigenvalue weighted by atomic mass is 32.7. The summed E-state index contributed by atoms with van der Waals surface area (Å²) < 4.78 is 8.90. The van der Waals surface area contributed by atoms with E-state index < -0.39 is 0 Å². The van der Waals surface area contributed by atoms with Gasteiger partial charge >= 0.3 is 0 Å². The molecule has 0 spiro atoms. The molecule has 1 N–H and O–H groups in total. The van der Waals surface area contributed by atoms with Gasteiger partial charge in [-0.05, 0) is 47.6 Å². The minimum atomic E-state index is 0.217. The maximum atomic E-state index is 8.71. The summed E-state index contributed by atoms with van der Waals surface area (Å²) in [5.41, 5.74) is 1.18. The third-order valence-corrected chi connectivity index (χ3v) is 4.63.